The zero-order chi connectivity index (χ0) is 11.4. The van der Waals surface area contributed by atoms with Gasteiger partial charge in [-0.05, 0) is 12.8 Å². The Balaban J connectivity index is 2.92. The number of hydrogen-bond acceptors (Lipinski definition) is 3. The van der Waals surface area contributed by atoms with Gasteiger partial charge in [-0.2, -0.15) is 0 Å². The van der Waals surface area contributed by atoms with Crippen molar-refractivity contribution in [3.63, 3.8) is 0 Å². The molecule has 0 amide bonds. The quantitative estimate of drug-likeness (QED) is 0.438. The van der Waals surface area contributed by atoms with E-state index in [1.807, 2.05) is 0 Å². The minimum absolute atomic E-state index is 0.313. The van der Waals surface area contributed by atoms with Gasteiger partial charge in [-0.25, -0.2) is 9.13 Å². The Morgan fingerprint density at radius 1 is 0.667 bits per heavy atom. The summed E-state index contributed by atoms with van der Waals surface area (Å²) in [6.07, 6.45) is 10.4. The molecular weight excluding hydrogens is 211 g/mol. The lowest BCUT2D eigenvalue weighted by Gasteiger charge is -2.00. The van der Waals surface area contributed by atoms with Crippen molar-refractivity contribution in [1.29, 1.82) is 0 Å². The molecule has 0 saturated carbocycles. The van der Waals surface area contributed by atoms with Crippen molar-refractivity contribution in [1.82, 2.24) is 0 Å². The first-order chi connectivity index (χ1) is 7.27. The smallest absolute Gasteiger partial charge is 0.315 e. The second kappa shape index (κ2) is 11.9. The van der Waals surface area contributed by atoms with Gasteiger partial charge in [0.2, 0.25) is 0 Å². The predicted octanol–water partition coefficient (Wildman–Crippen LogP) is 3.66. The third-order valence-corrected chi connectivity index (χ3v) is 3.18. The Bertz CT molecular complexity index is 182. The molecule has 0 aliphatic heterocycles. The van der Waals surface area contributed by atoms with Crippen LogP contribution in [0.4, 0.5) is 0 Å². The zero-order valence-electron chi connectivity index (χ0n) is 9.49. The fraction of sp³-hybridized carbons (Fsp3) is 1.00. The van der Waals surface area contributed by atoms with Crippen molar-refractivity contribution in [2.45, 2.75) is 57.8 Å². The van der Waals surface area contributed by atoms with Crippen molar-refractivity contribution < 1.29 is 14.2 Å². The molecule has 0 aliphatic rings. The summed E-state index contributed by atoms with van der Waals surface area (Å²) < 4.78 is 20.5. The van der Waals surface area contributed by atoms with E-state index in [1.54, 1.807) is 0 Å². The minimum atomic E-state index is -2.16. The lowest BCUT2D eigenvalue weighted by atomic mass is 10.1. The van der Waals surface area contributed by atoms with Gasteiger partial charge in [-0.3, -0.25) is 0 Å². The SMILES string of the molecule is O=P(=O)CCCCCCCCCCCO. The van der Waals surface area contributed by atoms with Crippen LogP contribution in [0, 0.1) is 0 Å². The average molecular weight is 234 g/mol. The van der Waals surface area contributed by atoms with Crippen LogP contribution in [0.5, 0.6) is 0 Å². The Labute approximate surface area is 93.1 Å². The van der Waals surface area contributed by atoms with Crippen molar-refractivity contribution in [3.05, 3.63) is 0 Å². The van der Waals surface area contributed by atoms with Crippen LogP contribution in [0.3, 0.4) is 0 Å². The van der Waals surface area contributed by atoms with E-state index in [4.69, 9.17) is 5.11 Å². The molecule has 0 fully saturated rings. The zero-order valence-corrected chi connectivity index (χ0v) is 10.4. The summed E-state index contributed by atoms with van der Waals surface area (Å²) in [6.45, 7) is 0.313. The molecule has 0 bridgehead atoms. The minimum Gasteiger partial charge on any atom is -0.396 e. The van der Waals surface area contributed by atoms with Gasteiger partial charge in [0.05, 0.1) is 6.16 Å². The monoisotopic (exact) mass is 234 g/mol. The van der Waals surface area contributed by atoms with Crippen LogP contribution in [0.25, 0.3) is 0 Å². The van der Waals surface area contributed by atoms with Crippen molar-refractivity contribution >= 4 is 7.68 Å². The number of hydrogen-bond donors (Lipinski definition) is 1. The Kier molecular flexibility index (Phi) is 11.8. The highest BCUT2D eigenvalue weighted by molar-refractivity contribution is 7.30. The van der Waals surface area contributed by atoms with Gasteiger partial charge < -0.3 is 5.11 Å². The lowest BCUT2D eigenvalue weighted by Crippen LogP contribution is -1.84. The van der Waals surface area contributed by atoms with Crippen molar-refractivity contribution in [2.24, 2.45) is 0 Å². The van der Waals surface area contributed by atoms with E-state index in [-0.39, 0.29) is 0 Å². The third kappa shape index (κ3) is 13.9. The Morgan fingerprint density at radius 2 is 1.07 bits per heavy atom. The first-order valence-electron chi connectivity index (χ1n) is 6.00. The van der Waals surface area contributed by atoms with Gasteiger partial charge in [0.1, 0.15) is 0 Å². The molecule has 4 heteroatoms. The molecule has 0 aromatic heterocycles. The molecule has 0 rings (SSSR count). The van der Waals surface area contributed by atoms with Crippen LogP contribution >= 0.6 is 7.68 Å². The molecule has 1 N–H and O–H groups in total. The van der Waals surface area contributed by atoms with Crippen LogP contribution in [-0.2, 0) is 9.13 Å². The van der Waals surface area contributed by atoms with Gasteiger partial charge in [0.25, 0.3) is 0 Å². The van der Waals surface area contributed by atoms with Gasteiger partial charge >= 0.3 is 7.68 Å². The molecule has 0 radical (unpaired) electrons. The molecule has 0 aromatic rings. The molecule has 15 heavy (non-hydrogen) atoms. The molecule has 90 valence electrons. The normalized spacial score (nSPS) is 10.5. The van der Waals surface area contributed by atoms with E-state index in [0.29, 0.717) is 12.8 Å². The van der Waals surface area contributed by atoms with Gasteiger partial charge in [0, 0.05) is 6.61 Å². The summed E-state index contributed by atoms with van der Waals surface area (Å²) in [5.41, 5.74) is 0. The molecule has 0 atom stereocenters. The standard InChI is InChI=1S/C11H23O3P/c12-10-8-6-4-2-1-3-5-7-9-11-15(13)14/h12H,1-11H2. The lowest BCUT2D eigenvalue weighted by molar-refractivity contribution is 0.282. The molecule has 0 saturated heterocycles. The Morgan fingerprint density at radius 3 is 1.47 bits per heavy atom. The average Bonchev–Trinajstić information content (AvgIpc) is 2.20. The topological polar surface area (TPSA) is 54.4 Å². The highest BCUT2D eigenvalue weighted by Crippen LogP contribution is 2.12. The predicted molar refractivity (Wildman–Crippen MR) is 61.8 cm³/mol. The molecule has 0 spiro atoms. The number of aliphatic hydroxyl groups excluding tert-OH is 1. The molecule has 0 heterocycles. The number of unbranched alkanes of at least 4 members (excludes halogenated alkanes) is 8. The fourth-order valence-electron chi connectivity index (χ4n) is 1.59. The summed E-state index contributed by atoms with van der Waals surface area (Å²) in [4.78, 5) is 0. The van der Waals surface area contributed by atoms with Gasteiger partial charge in [-0.1, -0.05) is 44.9 Å². The summed E-state index contributed by atoms with van der Waals surface area (Å²) >= 11 is 0. The highest BCUT2D eigenvalue weighted by atomic mass is 31.1. The number of aliphatic hydroxyl groups is 1. The summed E-state index contributed by atoms with van der Waals surface area (Å²) in [7, 11) is -2.16. The second-order valence-electron chi connectivity index (χ2n) is 3.96. The van der Waals surface area contributed by atoms with Crippen LogP contribution in [0.15, 0.2) is 0 Å². The molecule has 0 aromatic carbocycles. The fourth-order valence-corrected chi connectivity index (χ4v) is 2.07. The molecule has 3 nitrogen and oxygen atoms in total. The van der Waals surface area contributed by atoms with Crippen LogP contribution < -0.4 is 0 Å². The highest BCUT2D eigenvalue weighted by Gasteiger charge is 1.94. The Hall–Kier alpha value is -0.140. The molecular formula is C11H23O3P. The number of rotatable bonds is 11. The van der Waals surface area contributed by atoms with Gasteiger partial charge in [0.15, 0.2) is 0 Å². The summed E-state index contributed by atoms with van der Waals surface area (Å²) in [5, 5.41) is 8.56. The third-order valence-electron chi connectivity index (χ3n) is 2.50. The van der Waals surface area contributed by atoms with E-state index >= 15 is 0 Å². The van der Waals surface area contributed by atoms with E-state index < -0.39 is 7.68 Å². The van der Waals surface area contributed by atoms with Crippen LogP contribution in [0.2, 0.25) is 0 Å². The largest absolute Gasteiger partial charge is 0.396 e. The second-order valence-corrected chi connectivity index (χ2v) is 5.07. The maximum atomic E-state index is 10.3. The molecule has 0 aliphatic carbocycles. The first kappa shape index (κ1) is 14.9. The maximum absolute atomic E-state index is 10.3. The van der Waals surface area contributed by atoms with Crippen LogP contribution in [0.1, 0.15) is 57.8 Å². The van der Waals surface area contributed by atoms with E-state index in [2.05, 4.69) is 0 Å². The van der Waals surface area contributed by atoms with E-state index in [0.717, 1.165) is 32.1 Å². The summed E-state index contributed by atoms with van der Waals surface area (Å²) in [5.74, 6) is 0. The first-order valence-corrected chi connectivity index (χ1v) is 7.36. The van der Waals surface area contributed by atoms with Crippen LogP contribution in [-0.4, -0.2) is 17.9 Å². The van der Waals surface area contributed by atoms with E-state index in [9.17, 15) is 9.13 Å². The van der Waals surface area contributed by atoms with Crippen molar-refractivity contribution in [3.8, 4) is 0 Å². The van der Waals surface area contributed by atoms with Gasteiger partial charge in [-0.15, -0.1) is 0 Å². The van der Waals surface area contributed by atoms with Crippen molar-refractivity contribution in [2.75, 3.05) is 12.8 Å². The van der Waals surface area contributed by atoms with E-state index in [1.165, 1.54) is 25.7 Å². The summed E-state index contributed by atoms with van der Waals surface area (Å²) in [6, 6.07) is 0. The molecule has 0 unspecified atom stereocenters. The maximum Gasteiger partial charge on any atom is 0.315 e.